The van der Waals surface area contributed by atoms with Crippen LogP contribution in [0.2, 0.25) is 5.02 Å². The summed E-state index contributed by atoms with van der Waals surface area (Å²) in [5, 5.41) is 2.55. The highest BCUT2D eigenvalue weighted by Gasteiger charge is 2.30. The molecule has 7 heteroatoms. The van der Waals surface area contributed by atoms with Crippen LogP contribution in [-0.4, -0.2) is 36.5 Å². The largest absolute Gasteiger partial charge is 0.325 e. The highest BCUT2D eigenvalue weighted by Crippen LogP contribution is 2.22. The molecule has 0 unspecified atom stereocenters. The van der Waals surface area contributed by atoms with Gasteiger partial charge in [0.2, 0.25) is 5.91 Å². The standard InChI is InChI=1S/C18H17ClFN3O2/c1-12-2-5-14(6-3-12)23-9-8-22(18(23)25)11-17(24)21-13-4-7-16(20)15(19)10-13/h2-7,10H,8-9,11H2,1H3,(H,21,24). The molecule has 130 valence electrons. The van der Waals surface area contributed by atoms with Crippen molar-refractivity contribution in [3.63, 3.8) is 0 Å². The van der Waals surface area contributed by atoms with Crippen LogP contribution in [0.4, 0.5) is 20.6 Å². The average Bonchev–Trinajstić information content (AvgIpc) is 2.93. The van der Waals surface area contributed by atoms with Crippen molar-refractivity contribution in [2.45, 2.75) is 6.92 Å². The zero-order valence-corrected chi connectivity index (χ0v) is 14.4. The van der Waals surface area contributed by atoms with Crippen LogP contribution in [-0.2, 0) is 4.79 Å². The van der Waals surface area contributed by atoms with Crippen LogP contribution >= 0.6 is 11.6 Å². The van der Waals surface area contributed by atoms with Crippen molar-refractivity contribution >= 4 is 34.9 Å². The number of hydrogen-bond donors (Lipinski definition) is 1. The summed E-state index contributed by atoms with van der Waals surface area (Å²) in [5.74, 6) is -0.912. The van der Waals surface area contributed by atoms with Crippen molar-refractivity contribution in [1.29, 1.82) is 0 Å². The number of amides is 3. The first-order valence-electron chi connectivity index (χ1n) is 7.82. The lowest BCUT2D eigenvalue weighted by atomic mass is 10.2. The number of anilines is 2. The Morgan fingerprint density at radius 1 is 1.20 bits per heavy atom. The Morgan fingerprint density at radius 3 is 2.60 bits per heavy atom. The molecule has 1 heterocycles. The van der Waals surface area contributed by atoms with E-state index in [1.807, 2.05) is 31.2 Å². The molecule has 2 aromatic rings. The monoisotopic (exact) mass is 361 g/mol. The van der Waals surface area contributed by atoms with Crippen molar-refractivity contribution < 1.29 is 14.0 Å². The molecule has 1 aliphatic rings. The fourth-order valence-corrected chi connectivity index (χ4v) is 2.82. The smallest absolute Gasteiger partial charge is 0.324 e. The van der Waals surface area contributed by atoms with Crippen LogP contribution in [0.1, 0.15) is 5.56 Å². The maximum Gasteiger partial charge on any atom is 0.325 e. The maximum atomic E-state index is 13.1. The lowest BCUT2D eigenvalue weighted by Gasteiger charge is -2.18. The predicted octanol–water partition coefficient (Wildman–Crippen LogP) is 3.67. The van der Waals surface area contributed by atoms with E-state index in [9.17, 15) is 14.0 Å². The van der Waals surface area contributed by atoms with E-state index < -0.39 is 5.82 Å². The van der Waals surface area contributed by atoms with Crippen molar-refractivity contribution in [3.8, 4) is 0 Å². The molecule has 0 atom stereocenters. The van der Waals surface area contributed by atoms with E-state index in [-0.39, 0.29) is 23.5 Å². The summed E-state index contributed by atoms with van der Waals surface area (Å²) in [5.41, 5.74) is 2.31. The van der Waals surface area contributed by atoms with Gasteiger partial charge in [-0.1, -0.05) is 29.3 Å². The van der Waals surface area contributed by atoms with Gasteiger partial charge in [0.15, 0.2) is 0 Å². The third-order valence-electron chi connectivity index (χ3n) is 3.98. The van der Waals surface area contributed by atoms with Crippen LogP contribution in [0.15, 0.2) is 42.5 Å². The minimum Gasteiger partial charge on any atom is -0.324 e. The van der Waals surface area contributed by atoms with Gasteiger partial charge in [-0.25, -0.2) is 9.18 Å². The highest BCUT2D eigenvalue weighted by molar-refractivity contribution is 6.31. The Bertz CT molecular complexity index is 810. The Kier molecular flexibility index (Phi) is 4.90. The molecule has 0 saturated carbocycles. The number of nitrogens with one attached hydrogen (secondary N) is 1. The van der Waals surface area contributed by atoms with E-state index in [0.29, 0.717) is 18.8 Å². The summed E-state index contributed by atoms with van der Waals surface area (Å²) >= 11 is 5.69. The summed E-state index contributed by atoms with van der Waals surface area (Å²) in [7, 11) is 0. The van der Waals surface area contributed by atoms with E-state index in [1.54, 1.807) is 4.90 Å². The molecular weight excluding hydrogens is 345 g/mol. The van der Waals surface area contributed by atoms with Crippen LogP contribution in [0.25, 0.3) is 0 Å². The lowest BCUT2D eigenvalue weighted by Crippen LogP contribution is -2.37. The van der Waals surface area contributed by atoms with Gasteiger partial charge in [0.25, 0.3) is 0 Å². The molecule has 1 fully saturated rings. The second-order valence-electron chi connectivity index (χ2n) is 5.87. The van der Waals surface area contributed by atoms with Gasteiger partial charge >= 0.3 is 6.03 Å². The number of urea groups is 1. The number of rotatable bonds is 4. The van der Waals surface area contributed by atoms with E-state index in [1.165, 1.54) is 23.1 Å². The highest BCUT2D eigenvalue weighted by atomic mass is 35.5. The molecule has 1 N–H and O–H groups in total. The summed E-state index contributed by atoms with van der Waals surface area (Å²) in [6, 6.07) is 11.4. The maximum absolute atomic E-state index is 13.1. The molecule has 0 spiro atoms. The van der Waals surface area contributed by atoms with E-state index in [4.69, 9.17) is 11.6 Å². The second kappa shape index (κ2) is 7.11. The van der Waals surface area contributed by atoms with Crippen molar-refractivity contribution in [1.82, 2.24) is 4.90 Å². The van der Waals surface area contributed by atoms with Gasteiger partial charge in [0, 0.05) is 24.5 Å². The quantitative estimate of drug-likeness (QED) is 0.903. The van der Waals surface area contributed by atoms with Crippen LogP contribution < -0.4 is 10.2 Å². The molecule has 0 aliphatic carbocycles. The zero-order valence-electron chi connectivity index (χ0n) is 13.6. The minimum atomic E-state index is -0.553. The number of hydrogen-bond acceptors (Lipinski definition) is 2. The Balaban J connectivity index is 1.61. The van der Waals surface area contributed by atoms with Crippen molar-refractivity contribution in [3.05, 3.63) is 58.9 Å². The lowest BCUT2D eigenvalue weighted by molar-refractivity contribution is -0.116. The number of aryl methyl sites for hydroxylation is 1. The Hall–Kier alpha value is -2.60. The molecule has 0 bridgehead atoms. The number of halogens is 2. The molecule has 1 saturated heterocycles. The van der Waals surface area contributed by atoms with Crippen LogP contribution in [0, 0.1) is 12.7 Å². The molecule has 2 aromatic carbocycles. The number of benzene rings is 2. The first-order valence-corrected chi connectivity index (χ1v) is 8.20. The third kappa shape index (κ3) is 3.91. The van der Waals surface area contributed by atoms with E-state index in [2.05, 4.69) is 5.32 Å². The molecule has 5 nitrogen and oxygen atoms in total. The number of nitrogens with zero attached hydrogens (tertiary/aromatic N) is 2. The predicted molar refractivity (Wildman–Crippen MR) is 95.5 cm³/mol. The molecule has 3 amide bonds. The van der Waals surface area contributed by atoms with Crippen LogP contribution in [0.3, 0.4) is 0 Å². The van der Waals surface area contributed by atoms with Gasteiger partial charge in [-0.15, -0.1) is 0 Å². The second-order valence-corrected chi connectivity index (χ2v) is 6.28. The first kappa shape index (κ1) is 17.2. The van der Waals surface area contributed by atoms with Gasteiger partial charge in [-0.2, -0.15) is 0 Å². The van der Waals surface area contributed by atoms with Gasteiger partial charge in [0.1, 0.15) is 12.4 Å². The van der Waals surface area contributed by atoms with Crippen molar-refractivity contribution in [2.75, 3.05) is 29.9 Å². The number of carbonyl (C=O) groups is 2. The summed E-state index contributed by atoms with van der Waals surface area (Å²) in [6.45, 7) is 2.89. The van der Waals surface area contributed by atoms with Gasteiger partial charge < -0.3 is 10.2 Å². The normalized spacial score (nSPS) is 14.1. The Labute approximate surface area is 150 Å². The summed E-state index contributed by atoms with van der Waals surface area (Å²) in [4.78, 5) is 27.7. The fourth-order valence-electron chi connectivity index (χ4n) is 2.64. The van der Waals surface area contributed by atoms with E-state index >= 15 is 0 Å². The van der Waals surface area contributed by atoms with Gasteiger partial charge in [-0.3, -0.25) is 9.69 Å². The van der Waals surface area contributed by atoms with Gasteiger partial charge in [-0.05, 0) is 37.3 Å². The first-order chi connectivity index (χ1) is 11.9. The SMILES string of the molecule is Cc1ccc(N2CCN(CC(=O)Nc3ccc(F)c(Cl)c3)C2=O)cc1. The Morgan fingerprint density at radius 2 is 1.92 bits per heavy atom. The summed E-state index contributed by atoms with van der Waals surface area (Å²) in [6.07, 6.45) is 0. The molecule has 1 aliphatic heterocycles. The summed E-state index contributed by atoms with van der Waals surface area (Å²) < 4.78 is 13.1. The number of carbonyl (C=O) groups excluding carboxylic acids is 2. The third-order valence-corrected chi connectivity index (χ3v) is 4.27. The molecule has 0 radical (unpaired) electrons. The fraction of sp³-hybridized carbons (Fsp3) is 0.222. The molecular formula is C18H17ClFN3O2. The molecule has 25 heavy (non-hydrogen) atoms. The van der Waals surface area contributed by atoms with Crippen LogP contribution in [0.5, 0.6) is 0 Å². The van der Waals surface area contributed by atoms with Gasteiger partial charge in [0.05, 0.1) is 5.02 Å². The molecule has 0 aromatic heterocycles. The average molecular weight is 362 g/mol. The van der Waals surface area contributed by atoms with Crippen molar-refractivity contribution in [2.24, 2.45) is 0 Å². The zero-order chi connectivity index (χ0) is 18.0. The minimum absolute atomic E-state index is 0.0689. The topological polar surface area (TPSA) is 52.6 Å². The van der Waals surface area contributed by atoms with E-state index in [0.717, 1.165) is 11.3 Å². The molecule has 3 rings (SSSR count).